The van der Waals surface area contributed by atoms with Gasteiger partial charge in [0, 0.05) is 25.0 Å². The third-order valence-electron chi connectivity index (χ3n) is 6.02. The molecule has 3 heteroatoms. The monoisotopic (exact) mass is 406 g/mol. The van der Waals surface area contributed by atoms with E-state index in [1.54, 1.807) is 0 Å². The smallest absolute Gasteiger partial charge is 0.125 e. The van der Waals surface area contributed by atoms with Crippen molar-refractivity contribution >= 4 is 0 Å². The van der Waals surface area contributed by atoms with Crippen LogP contribution in [0.25, 0.3) is 0 Å². The first-order chi connectivity index (χ1) is 13.7. The number of hydrogen-bond acceptors (Lipinski definition) is 2. The van der Waals surface area contributed by atoms with Crippen LogP contribution in [0, 0.1) is 11.8 Å². The van der Waals surface area contributed by atoms with Crippen molar-refractivity contribution in [2.45, 2.75) is 72.3 Å². The first kappa shape index (κ1) is 26.1. The Labute approximate surface area is 181 Å². The number of nitrogens with zero attached hydrogens (tertiary/aromatic N) is 1. The normalized spacial score (nSPS) is 12.9. The van der Waals surface area contributed by atoms with E-state index in [0.717, 1.165) is 30.7 Å². The molecule has 0 atom stereocenters. The van der Waals surface area contributed by atoms with Crippen molar-refractivity contribution in [3.05, 3.63) is 35.9 Å². The number of unbranched alkanes of at least 4 members (excludes halogenated alkanes) is 2. The van der Waals surface area contributed by atoms with E-state index in [-0.39, 0.29) is 5.54 Å². The Balaban J connectivity index is 2.77. The summed E-state index contributed by atoms with van der Waals surface area (Å²) in [6.07, 6.45) is 6.01. The van der Waals surface area contributed by atoms with Gasteiger partial charge < -0.3 is 14.0 Å². The van der Waals surface area contributed by atoms with Crippen LogP contribution in [-0.2, 0) is 15.0 Å². The first-order valence-electron chi connectivity index (χ1n) is 11.8. The molecule has 0 bridgehead atoms. The van der Waals surface area contributed by atoms with E-state index in [1.165, 1.54) is 31.2 Å². The van der Waals surface area contributed by atoms with E-state index >= 15 is 0 Å². The molecule has 0 N–H and O–H groups in total. The molecule has 0 spiro atoms. The molecule has 0 radical (unpaired) electrons. The van der Waals surface area contributed by atoms with Crippen LogP contribution in [0.3, 0.4) is 0 Å². The second-order valence-corrected chi connectivity index (χ2v) is 9.93. The van der Waals surface area contributed by atoms with Crippen LogP contribution < -0.4 is 0 Å². The maximum absolute atomic E-state index is 5.98. The van der Waals surface area contributed by atoms with Crippen molar-refractivity contribution in [3.8, 4) is 0 Å². The van der Waals surface area contributed by atoms with Gasteiger partial charge in [0.2, 0.25) is 0 Å². The summed E-state index contributed by atoms with van der Waals surface area (Å²) in [7, 11) is 4.78. The van der Waals surface area contributed by atoms with Gasteiger partial charge in [-0.15, -0.1) is 0 Å². The third kappa shape index (κ3) is 8.78. The third-order valence-corrected chi connectivity index (χ3v) is 6.02. The van der Waals surface area contributed by atoms with Gasteiger partial charge in [0.1, 0.15) is 12.1 Å². The van der Waals surface area contributed by atoms with Crippen LogP contribution >= 0.6 is 0 Å². The summed E-state index contributed by atoms with van der Waals surface area (Å²) >= 11 is 0. The number of likely N-dealkylation sites (N-methyl/N-ethyl adjacent to an activating group) is 1. The van der Waals surface area contributed by atoms with Crippen molar-refractivity contribution in [1.29, 1.82) is 0 Å². The number of ether oxygens (including phenoxy) is 2. The van der Waals surface area contributed by atoms with E-state index in [4.69, 9.17) is 9.47 Å². The zero-order valence-electron chi connectivity index (χ0n) is 20.4. The molecule has 0 saturated heterocycles. The average Bonchev–Trinajstić information content (AvgIpc) is 2.66. The summed E-state index contributed by atoms with van der Waals surface area (Å²) in [6.45, 7) is 15.7. The summed E-state index contributed by atoms with van der Waals surface area (Å²) in [5, 5.41) is 0. The van der Waals surface area contributed by atoms with Gasteiger partial charge >= 0.3 is 0 Å². The van der Waals surface area contributed by atoms with E-state index < -0.39 is 0 Å². The zero-order valence-corrected chi connectivity index (χ0v) is 20.4. The van der Waals surface area contributed by atoms with Gasteiger partial charge in [-0.3, -0.25) is 0 Å². The van der Waals surface area contributed by atoms with Crippen molar-refractivity contribution in [3.63, 3.8) is 0 Å². The molecule has 1 rings (SSSR count). The predicted molar refractivity (Wildman–Crippen MR) is 125 cm³/mol. The van der Waals surface area contributed by atoms with Gasteiger partial charge in [-0.05, 0) is 18.3 Å². The quantitative estimate of drug-likeness (QED) is 0.238. The van der Waals surface area contributed by atoms with Crippen LogP contribution in [0.15, 0.2) is 30.3 Å². The molecule has 0 aliphatic rings. The maximum atomic E-state index is 5.98. The Hall–Kier alpha value is -0.900. The number of rotatable bonds is 16. The summed E-state index contributed by atoms with van der Waals surface area (Å²) in [5.74, 6) is 1.28. The van der Waals surface area contributed by atoms with Crippen LogP contribution in [0.4, 0.5) is 0 Å². The van der Waals surface area contributed by atoms with Crippen molar-refractivity contribution in [2.75, 3.05) is 47.1 Å². The lowest BCUT2D eigenvalue weighted by molar-refractivity contribution is -0.952. The summed E-state index contributed by atoms with van der Waals surface area (Å²) in [6, 6.07) is 11.2. The molecule has 0 heterocycles. The molecule has 168 valence electrons. The molecule has 29 heavy (non-hydrogen) atoms. The predicted octanol–water partition coefficient (Wildman–Crippen LogP) is 6.27. The Bertz CT molecular complexity index is 515. The van der Waals surface area contributed by atoms with Gasteiger partial charge in [0.15, 0.2) is 0 Å². The van der Waals surface area contributed by atoms with Gasteiger partial charge in [0.25, 0.3) is 0 Å². The van der Waals surface area contributed by atoms with Crippen LogP contribution in [0.2, 0.25) is 0 Å². The van der Waals surface area contributed by atoms with Gasteiger partial charge in [-0.25, -0.2) is 0 Å². The number of hydrogen-bond donors (Lipinski definition) is 0. The number of quaternary nitrogens is 1. The van der Waals surface area contributed by atoms with Crippen molar-refractivity contribution in [2.24, 2.45) is 11.8 Å². The Kier molecular flexibility index (Phi) is 12.1. The van der Waals surface area contributed by atoms with Crippen molar-refractivity contribution < 1.29 is 14.0 Å². The topological polar surface area (TPSA) is 18.5 Å². The van der Waals surface area contributed by atoms with Crippen LogP contribution in [0.1, 0.15) is 72.3 Å². The summed E-state index contributed by atoms with van der Waals surface area (Å²) < 4.78 is 12.6. The molecule has 0 aromatic heterocycles. The SMILES string of the molecule is CCCCCOCCOCC[N+](C)(C)C(CC(C)C)(CC(C)C)c1ccccc1. The minimum atomic E-state index is 0.101. The Morgan fingerprint density at radius 3 is 1.86 bits per heavy atom. The summed E-state index contributed by atoms with van der Waals surface area (Å²) in [4.78, 5) is 0. The highest BCUT2D eigenvalue weighted by atomic mass is 16.5. The van der Waals surface area contributed by atoms with Crippen LogP contribution in [-0.4, -0.2) is 51.6 Å². The second-order valence-electron chi connectivity index (χ2n) is 9.93. The fraction of sp³-hybridized carbons (Fsp3) is 0.769. The number of benzene rings is 1. The fourth-order valence-electron chi connectivity index (χ4n) is 4.54. The highest BCUT2D eigenvalue weighted by Crippen LogP contribution is 2.43. The lowest BCUT2D eigenvalue weighted by atomic mass is 9.74. The van der Waals surface area contributed by atoms with Gasteiger partial charge in [0.05, 0.1) is 33.9 Å². The zero-order chi connectivity index (χ0) is 21.8. The molecule has 3 nitrogen and oxygen atoms in total. The van der Waals surface area contributed by atoms with E-state index in [9.17, 15) is 0 Å². The highest BCUT2D eigenvalue weighted by Gasteiger charge is 2.47. The van der Waals surface area contributed by atoms with E-state index in [0.29, 0.717) is 25.0 Å². The Morgan fingerprint density at radius 1 is 0.793 bits per heavy atom. The van der Waals surface area contributed by atoms with E-state index in [1.807, 2.05) is 0 Å². The van der Waals surface area contributed by atoms with Crippen LogP contribution in [0.5, 0.6) is 0 Å². The average molecular weight is 407 g/mol. The largest absolute Gasteiger partial charge is 0.379 e. The molecular weight excluding hydrogens is 358 g/mol. The molecule has 0 amide bonds. The lowest BCUT2D eigenvalue weighted by Crippen LogP contribution is -2.59. The molecule has 1 aromatic rings. The van der Waals surface area contributed by atoms with Crippen molar-refractivity contribution in [1.82, 2.24) is 0 Å². The fourth-order valence-corrected chi connectivity index (χ4v) is 4.54. The lowest BCUT2D eigenvalue weighted by Gasteiger charge is -2.51. The summed E-state index contributed by atoms with van der Waals surface area (Å²) in [5.41, 5.74) is 1.57. The molecular formula is C26H48NO2+. The molecule has 0 unspecified atom stereocenters. The molecule has 0 saturated carbocycles. The molecule has 0 aliphatic carbocycles. The van der Waals surface area contributed by atoms with Gasteiger partial charge in [-0.2, -0.15) is 0 Å². The standard InChI is InChI=1S/C26H48NO2/c1-8-9-13-17-28-19-20-29-18-16-27(6,7)26(21-23(2)3,22-24(4)5)25-14-11-10-12-15-25/h10-12,14-15,23-24H,8-9,13,16-22H2,1-7H3/q+1. The molecule has 1 aromatic carbocycles. The highest BCUT2D eigenvalue weighted by molar-refractivity contribution is 5.23. The first-order valence-corrected chi connectivity index (χ1v) is 11.8. The minimum Gasteiger partial charge on any atom is -0.379 e. The maximum Gasteiger partial charge on any atom is 0.125 e. The van der Waals surface area contributed by atoms with E-state index in [2.05, 4.69) is 79.0 Å². The molecule has 0 fully saturated rings. The molecule has 0 aliphatic heterocycles. The Morgan fingerprint density at radius 2 is 1.34 bits per heavy atom. The van der Waals surface area contributed by atoms with Gasteiger partial charge in [-0.1, -0.05) is 77.8 Å². The second kappa shape index (κ2) is 13.4. The minimum absolute atomic E-state index is 0.101.